The summed E-state index contributed by atoms with van der Waals surface area (Å²) in [6, 6.07) is 15.4. The molecule has 0 spiro atoms. The Morgan fingerprint density at radius 3 is 2.79 bits per heavy atom. The topological polar surface area (TPSA) is 77.0 Å². The van der Waals surface area contributed by atoms with Crippen LogP contribution < -0.4 is 14.8 Å². The zero-order valence-electron chi connectivity index (χ0n) is 17.2. The van der Waals surface area contributed by atoms with E-state index in [9.17, 15) is 9.90 Å². The summed E-state index contributed by atoms with van der Waals surface area (Å²) in [6.45, 7) is 6.18. The number of benzene rings is 2. The molecule has 1 aliphatic heterocycles. The standard InChI is InChI=1S/C23H29NO5/c1-23(2,3)29-22(26)24-12-11-20(25)16-8-6-9-18(13-16)27-15-19-14-17-7-4-5-10-21(17)28-19/h4-10,13,19-20,25H,11-12,14-15H2,1-3H3,(H,24,26)/t19?,20-/m1/s1. The molecule has 1 unspecified atom stereocenters. The first kappa shape index (κ1) is 21.0. The Kier molecular flexibility index (Phi) is 6.64. The van der Waals surface area contributed by atoms with E-state index in [1.165, 1.54) is 5.56 Å². The SMILES string of the molecule is CC(C)(C)OC(=O)NCC[C@@H](O)c1cccc(OCC2Cc3ccccc3O2)c1. The zero-order chi connectivity index (χ0) is 20.9. The molecular weight excluding hydrogens is 370 g/mol. The van der Waals surface area contributed by atoms with Crippen molar-refractivity contribution in [2.24, 2.45) is 0 Å². The lowest BCUT2D eigenvalue weighted by Crippen LogP contribution is -2.33. The average Bonchev–Trinajstić information content (AvgIpc) is 3.08. The van der Waals surface area contributed by atoms with Gasteiger partial charge in [-0.3, -0.25) is 0 Å². The second kappa shape index (κ2) is 9.18. The fourth-order valence-corrected chi connectivity index (χ4v) is 3.14. The lowest BCUT2D eigenvalue weighted by molar-refractivity contribution is 0.0518. The number of alkyl carbamates (subject to hydrolysis) is 1. The van der Waals surface area contributed by atoms with Gasteiger partial charge in [-0.1, -0.05) is 30.3 Å². The molecule has 6 heteroatoms. The van der Waals surface area contributed by atoms with Gasteiger partial charge >= 0.3 is 6.09 Å². The van der Waals surface area contributed by atoms with Crippen molar-refractivity contribution in [1.82, 2.24) is 5.32 Å². The van der Waals surface area contributed by atoms with Crippen molar-refractivity contribution in [2.75, 3.05) is 13.2 Å². The molecule has 0 fully saturated rings. The number of rotatable bonds is 7. The number of para-hydroxylation sites is 1. The van der Waals surface area contributed by atoms with Gasteiger partial charge in [0, 0.05) is 13.0 Å². The maximum atomic E-state index is 11.7. The third kappa shape index (κ3) is 6.39. The highest BCUT2D eigenvalue weighted by Crippen LogP contribution is 2.29. The minimum atomic E-state index is -0.708. The molecule has 1 amide bonds. The number of amides is 1. The zero-order valence-corrected chi connectivity index (χ0v) is 17.2. The summed E-state index contributed by atoms with van der Waals surface area (Å²) in [5, 5.41) is 13.1. The highest BCUT2D eigenvalue weighted by molar-refractivity contribution is 5.67. The first-order valence-corrected chi connectivity index (χ1v) is 9.92. The maximum Gasteiger partial charge on any atom is 0.407 e. The molecule has 1 heterocycles. The van der Waals surface area contributed by atoms with Gasteiger partial charge in [0.25, 0.3) is 0 Å². The molecule has 29 heavy (non-hydrogen) atoms. The molecule has 0 aromatic heterocycles. The van der Waals surface area contributed by atoms with Gasteiger partial charge in [-0.05, 0) is 56.5 Å². The fraction of sp³-hybridized carbons (Fsp3) is 0.435. The summed E-state index contributed by atoms with van der Waals surface area (Å²) >= 11 is 0. The van der Waals surface area contributed by atoms with Gasteiger partial charge < -0.3 is 24.6 Å². The number of ether oxygens (including phenoxy) is 3. The van der Waals surface area contributed by atoms with E-state index in [1.807, 2.05) is 63.2 Å². The molecule has 0 saturated carbocycles. The molecule has 2 N–H and O–H groups in total. The Morgan fingerprint density at radius 1 is 1.24 bits per heavy atom. The maximum absolute atomic E-state index is 11.7. The summed E-state index contributed by atoms with van der Waals surface area (Å²) in [4.78, 5) is 11.7. The predicted octanol–water partition coefficient (Wildman–Crippen LogP) is 4.02. The molecule has 0 saturated heterocycles. The van der Waals surface area contributed by atoms with Crippen molar-refractivity contribution in [2.45, 2.75) is 51.4 Å². The normalized spacial score (nSPS) is 16.5. The number of fused-ring (bicyclic) bond motifs is 1. The van der Waals surface area contributed by atoms with Crippen LogP contribution in [0.1, 0.15) is 44.4 Å². The van der Waals surface area contributed by atoms with Crippen molar-refractivity contribution in [3.63, 3.8) is 0 Å². The second-order valence-corrected chi connectivity index (χ2v) is 8.17. The van der Waals surface area contributed by atoms with Crippen LogP contribution >= 0.6 is 0 Å². The largest absolute Gasteiger partial charge is 0.490 e. The van der Waals surface area contributed by atoms with E-state index in [2.05, 4.69) is 11.4 Å². The quantitative estimate of drug-likeness (QED) is 0.735. The molecule has 3 rings (SSSR count). The van der Waals surface area contributed by atoms with Crippen molar-refractivity contribution in [3.8, 4) is 11.5 Å². The summed E-state index contributed by atoms with van der Waals surface area (Å²) < 4.78 is 17.0. The van der Waals surface area contributed by atoms with Crippen LogP contribution in [0.4, 0.5) is 4.79 Å². The molecule has 2 atom stereocenters. The van der Waals surface area contributed by atoms with Gasteiger partial charge in [0.2, 0.25) is 0 Å². The molecule has 156 valence electrons. The Bertz CT molecular complexity index is 805. The van der Waals surface area contributed by atoms with Gasteiger partial charge in [0.15, 0.2) is 0 Å². The molecule has 0 bridgehead atoms. The first-order valence-electron chi connectivity index (χ1n) is 9.92. The van der Waals surface area contributed by atoms with Crippen LogP contribution in [0.2, 0.25) is 0 Å². The van der Waals surface area contributed by atoms with Crippen molar-refractivity contribution in [1.29, 1.82) is 0 Å². The minimum absolute atomic E-state index is 0.0148. The van der Waals surface area contributed by atoms with E-state index in [0.717, 1.165) is 17.7 Å². The van der Waals surface area contributed by atoms with Crippen LogP contribution in [0.25, 0.3) is 0 Å². The van der Waals surface area contributed by atoms with Crippen LogP contribution in [-0.4, -0.2) is 36.1 Å². The van der Waals surface area contributed by atoms with E-state index in [4.69, 9.17) is 14.2 Å². The number of carbonyl (C=O) groups excluding carboxylic acids is 1. The van der Waals surface area contributed by atoms with Crippen LogP contribution in [0.5, 0.6) is 11.5 Å². The van der Waals surface area contributed by atoms with Crippen LogP contribution in [-0.2, 0) is 11.2 Å². The van der Waals surface area contributed by atoms with Gasteiger partial charge in [-0.25, -0.2) is 4.79 Å². The van der Waals surface area contributed by atoms with Crippen molar-refractivity contribution >= 4 is 6.09 Å². The number of nitrogens with one attached hydrogen (secondary N) is 1. The Morgan fingerprint density at radius 2 is 2.03 bits per heavy atom. The molecule has 6 nitrogen and oxygen atoms in total. The van der Waals surface area contributed by atoms with E-state index in [0.29, 0.717) is 25.3 Å². The average molecular weight is 399 g/mol. The third-order valence-electron chi connectivity index (χ3n) is 4.48. The van der Waals surface area contributed by atoms with Gasteiger partial charge in [-0.2, -0.15) is 0 Å². The molecule has 0 radical (unpaired) electrons. The van der Waals surface area contributed by atoms with Crippen LogP contribution in [0.3, 0.4) is 0 Å². The highest BCUT2D eigenvalue weighted by atomic mass is 16.6. The summed E-state index contributed by atoms with van der Waals surface area (Å²) in [7, 11) is 0. The van der Waals surface area contributed by atoms with Crippen molar-refractivity contribution < 1.29 is 24.1 Å². The van der Waals surface area contributed by atoms with E-state index < -0.39 is 17.8 Å². The molecule has 2 aromatic carbocycles. The van der Waals surface area contributed by atoms with Gasteiger partial charge in [0.1, 0.15) is 29.8 Å². The van der Waals surface area contributed by atoms with Crippen LogP contribution in [0, 0.1) is 0 Å². The Balaban J connectivity index is 1.45. The Hall–Kier alpha value is -2.73. The third-order valence-corrected chi connectivity index (χ3v) is 4.48. The van der Waals surface area contributed by atoms with Crippen LogP contribution in [0.15, 0.2) is 48.5 Å². The number of carbonyl (C=O) groups is 1. The molecule has 2 aromatic rings. The summed E-state index contributed by atoms with van der Waals surface area (Å²) in [5.74, 6) is 1.60. The van der Waals surface area contributed by atoms with Crippen molar-refractivity contribution in [3.05, 3.63) is 59.7 Å². The summed E-state index contributed by atoms with van der Waals surface area (Å²) in [5.41, 5.74) is 1.39. The number of aliphatic hydroxyl groups excluding tert-OH is 1. The Labute approximate surface area is 171 Å². The van der Waals surface area contributed by atoms with Gasteiger partial charge in [0.05, 0.1) is 6.10 Å². The fourth-order valence-electron chi connectivity index (χ4n) is 3.14. The molecule has 1 aliphatic rings. The first-order chi connectivity index (χ1) is 13.8. The summed E-state index contributed by atoms with van der Waals surface area (Å²) in [6.07, 6.45) is -0.00251. The smallest absolute Gasteiger partial charge is 0.407 e. The minimum Gasteiger partial charge on any atom is -0.490 e. The van der Waals surface area contributed by atoms with E-state index >= 15 is 0 Å². The van der Waals surface area contributed by atoms with Gasteiger partial charge in [-0.15, -0.1) is 0 Å². The van der Waals surface area contributed by atoms with E-state index in [-0.39, 0.29) is 6.10 Å². The number of aliphatic hydroxyl groups is 1. The second-order valence-electron chi connectivity index (χ2n) is 8.17. The lowest BCUT2D eigenvalue weighted by Gasteiger charge is -2.20. The molecule has 0 aliphatic carbocycles. The molecular formula is C23H29NO5. The number of hydrogen-bond donors (Lipinski definition) is 2. The highest BCUT2D eigenvalue weighted by Gasteiger charge is 2.23. The lowest BCUT2D eigenvalue weighted by atomic mass is 10.1. The monoisotopic (exact) mass is 399 g/mol. The predicted molar refractivity (Wildman–Crippen MR) is 110 cm³/mol. The van der Waals surface area contributed by atoms with E-state index in [1.54, 1.807) is 0 Å². The number of hydrogen-bond acceptors (Lipinski definition) is 5.